The van der Waals surface area contributed by atoms with Crippen LogP contribution in [0.5, 0.6) is 0 Å². The second kappa shape index (κ2) is 7.45. The zero-order valence-electron chi connectivity index (χ0n) is 14.2. The van der Waals surface area contributed by atoms with Gasteiger partial charge < -0.3 is 16.0 Å². The number of nitrogens with zero attached hydrogens (tertiary/aromatic N) is 2. The van der Waals surface area contributed by atoms with Crippen LogP contribution in [0, 0.1) is 11.3 Å². The lowest BCUT2D eigenvalue weighted by molar-refractivity contribution is -0.135. The first-order valence-corrected chi connectivity index (χ1v) is 8.17. The van der Waals surface area contributed by atoms with Gasteiger partial charge in [-0.2, -0.15) is 5.26 Å². The van der Waals surface area contributed by atoms with E-state index in [2.05, 4.69) is 11.4 Å². The van der Waals surface area contributed by atoms with E-state index in [0.29, 0.717) is 13.0 Å². The van der Waals surface area contributed by atoms with Gasteiger partial charge in [0.2, 0.25) is 11.8 Å². The van der Waals surface area contributed by atoms with Crippen molar-refractivity contribution in [2.75, 3.05) is 6.54 Å². The van der Waals surface area contributed by atoms with Gasteiger partial charge in [0.1, 0.15) is 6.04 Å². The summed E-state index contributed by atoms with van der Waals surface area (Å²) in [7, 11) is 0. The molecule has 0 aromatic heterocycles. The quantitative estimate of drug-likeness (QED) is 0.850. The Bertz CT molecular complexity index is 636. The Labute approximate surface area is 142 Å². The average molecular weight is 328 g/mol. The minimum absolute atomic E-state index is 0.0935. The standard InChI is InChI=1S/C18H24N4O2/c1-18(2,13-7-4-3-5-8-13)21-16(23)11-15(20)17(24)22-10-6-9-14(22)12-19/h3-5,7-8,14-15H,6,9-11,20H2,1-2H3,(H,21,23)/t14-,15?/m0/s1. The molecule has 2 rings (SSSR count). The molecular weight excluding hydrogens is 304 g/mol. The lowest BCUT2D eigenvalue weighted by Gasteiger charge is -2.28. The molecule has 24 heavy (non-hydrogen) atoms. The Kier molecular flexibility index (Phi) is 5.58. The summed E-state index contributed by atoms with van der Waals surface area (Å²) in [5.74, 6) is -0.607. The summed E-state index contributed by atoms with van der Waals surface area (Å²) >= 11 is 0. The summed E-state index contributed by atoms with van der Waals surface area (Å²) in [5.41, 5.74) is 6.33. The van der Waals surface area contributed by atoms with Gasteiger partial charge >= 0.3 is 0 Å². The molecule has 2 atom stereocenters. The van der Waals surface area contributed by atoms with Crippen LogP contribution < -0.4 is 11.1 Å². The summed E-state index contributed by atoms with van der Waals surface area (Å²) < 4.78 is 0. The first kappa shape index (κ1) is 18.0. The van der Waals surface area contributed by atoms with Crippen LogP contribution in [0.4, 0.5) is 0 Å². The summed E-state index contributed by atoms with van der Waals surface area (Å²) in [6.45, 7) is 4.33. The van der Waals surface area contributed by atoms with Gasteiger partial charge in [0, 0.05) is 6.54 Å². The minimum atomic E-state index is -0.925. The molecule has 2 amide bonds. The van der Waals surface area contributed by atoms with Crippen molar-refractivity contribution in [1.82, 2.24) is 10.2 Å². The van der Waals surface area contributed by atoms with Gasteiger partial charge in [0.25, 0.3) is 0 Å². The number of carbonyl (C=O) groups excluding carboxylic acids is 2. The number of hydrogen-bond acceptors (Lipinski definition) is 4. The second-order valence-corrected chi connectivity index (χ2v) is 6.67. The fourth-order valence-corrected chi connectivity index (χ4v) is 2.99. The SMILES string of the molecule is CC(C)(NC(=O)CC(N)C(=O)N1CCC[C@H]1C#N)c1ccccc1. The molecule has 1 heterocycles. The number of rotatable bonds is 5. The van der Waals surface area contributed by atoms with Gasteiger partial charge in [-0.3, -0.25) is 9.59 Å². The van der Waals surface area contributed by atoms with E-state index in [1.165, 1.54) is 4.90 Å². The highest BCUT2D eigenvalue weighted by molar-refractivity contribution is 5.89. The maximum Gasteiger partial charge on any atom is 0.241 e. The van der Waals surface area contributed by atoms with Gasteiger partial charge in [0.15, 0.2) is 0 Å². The van der Waals surface area contributed by atoms with Crippen LogP contribution in [0.25, 0.3) is 0 Å². The van der Waals surface area contributed by atoms with Crippen molar-refractivity contribution in [2.24, 2.45) is 5.73 Å². The third kappa shape index (κ3) is 4.12. The van der Waals surface area contributed by atoms with Crippen LogP contribution in [0.15, 0.2) is 30.3 Å². The van der Waals surface area contributed by atoms with Gasteiger partial charge in [-0.15, -0.1) is 0 Å². The first-order valence-electron chi connectivity index (χ1n) is 8.17. The third-order valence-electron chi connectivity index (χ3n) is 4.35. The maximum atomic E-state index is 12.4. The Morgan fingerprint density at radius 3 is 2.71 bits per heavy atom. The van der Waals surface area contributed by atoms with Crippen LogP contribution in [-0.4, -0.2) is 35.3 Å². The molecule has 1 aliphatic heterocycles. The van der Waals surface area contributed by atoms with E-state index in [0.717, 1.165) is 12.0 Å². The van der Waals surface area contributed by atoms with E-state index in [9.17, 15) is 9.59 Å². The topological polar surface area (TPSA) is 99.2 Å². The second-order valence-electron chi connectivity index (χ2n) is 6.67. The van der Waals surface area contributed by atoms with E-state index in [1.54, 1.807) is 0 Å². The predicted octanol–water partition coefficient (Wildman–Crippen LogP) is 1.27. The minimum Gasteiger partial charge on any atom is -0.347 e. The van der Waals surface area contributed by atoms with Crippen LogP contribution >= 0.6 is 0 Å². The van der Waals surface area contributed by atoms with E-state index < -0.39 is 17.6 Å². The molecule has 1 fully saturated rings. The molecule has 0 bridgehead atoms. The van der Waals surface area contributed by atoms with Crippen molar-refractivity contribution in [3.05, 3.63) is 35.9 Å². The molecule has 0 spiro atoms. The number of nitriles is 1. The lowest BCUT2D eigenvalue weighted by atomic mass is 9.94. The predicted molar refractivity (Wildman–Crippen MR) is 90.6 cm³/mol. The van der Waals surface area contributed by atoms with Crippen molar-refractivity contribution in [3.63, 3.8) is 0 Å². The monoisotopic (exact) mass is 328 g/mol. The Hall–Kier alpha value is -2.39. The van der Waals surface area contributed by atoms with E-state index in [1.807, 2.05) is 44.2 Å². The van der Waals surface area contributed by atoms with Crippen LogP contribution in [-0.2, 0) is 15.1 Å². The van der Waals surface area contributed by atoms with Gasteiger partial charge in [-0.05, 0) is 32.3 Å². The Morgan fingerprint density at radius 2 is 2.08 bits per heavy atom. The molecule has 0 aliphatic carbocycles. The number of nitrogens with two attached hydrogens (primary N) is 1. The third-order valence-corrected chi connectivity index (χ3v) is 4.35. The molecule has 1 aliphatic rings. The summed E-state index contributed by atoms with van der Waals surface area (Å²) in [6.07, 6.45) is 1.37. The average Bonchev–Trinajstić information content (AvgIpc) is 3.02. The molecule has 6 heteroatoms. The normalized spacial score (nSPS) is 18.8. The molecule has 1 aromatic carbocycles. The number of hydrogen-bond donors (Lipinski definition) is 2. The zero-order chi connectivity index (χ0) is 17.7. The number of nitrogens with one attached hydrogen (secondary N) is 1. The summed E-state index contributed by atoms with van der Waals surface area (Å²) in [6, 6.07) is 10.4. The molecule has 0 saturated carbocycles. The lowest BCUT2D eigenvalue weighted by Crippen LogP contribution is -2.49. The van der Waals surface area contributed by atoms with Gasteiger partial charge in [-0.25, -0.2) is 0 Å². The highest BCUT2D eigenvalue weighted by atomic mass is 16.2. The molecule has 3 N–H and O–H groups in total. The van der Waals surface area contributed by atoms with Crippen LogP contribution in [0.3, 0.4) is 0 Å². The summed E-state index contributed by atoms with van der Waals surface area (Å²) in [5, 5.41) is 12.0. The Morgan fingerprint density at radius 1 is 1.42 bits per heavy atom. The molecule has 128 valence electrons. The highest BCUT2D eigenvalue weighted by Gasteiger charge is 2.33. The highest BCUT2D eigenvalue weighted by Crippen LogP contribution is 2.20. The van der Waals surface area contributed by atoms with Gasteiger partial charge in [0.05, 0.1) is 24.1 Å². The number of likely N-dealkylation sites (tertiary alicyclic amines) is 1. The molecule has 6 nitrogen and oxygen atoms in total. The molecule has 1 saturated heterocycles. The molecular formula is C18H24N4O2. The molecule has 1 unspecified atom stereocenters. The molecule has 1 aromatic rings. The zero-order valence-corrected chi connectivity index (χ0v) is 14.2. The fourth-order valence-electron chi connectivity index (χ4n) is 2.99. The summed E-state index contributed by atoms with van der Waals surface area (Å²) in [4.78, 5) is 26.1. The van der Waals surface area contributed by atoms with Crippen molar-refractivity contribution >= 4 is 11.8 Å². The number of benzene rings is 1. The van der Waals surface area contributed by atoms with Crippen molar-refractivity contribution in [1.29, 1.82) is 5.26 Å². The van der Waals surface area contributed by atoms with E-state index >= 15 is 0 Å². The van der Waals surface area contributed by atoms with Crippen molar-refractivity contribution < 1.29 is 9.59 Å². The van der Waals surface area contributed by atoms with E-state index in [-0.39, 0.29) is 18.2 Å². The van der Waals surface area contributed by atoms with Crippen molar-refractivity contribution in [2.45, 2.75) is 50.7 Å². The smallest absolute Gasteiger partial charge is 0.241 e. The maximum absolute atomic E-state index is 12.4. The van der Waals surface area contributed by atoms with E-state index in [4.69, 9.17) is 11.0 Å². The van der Waals surface area contributed by atoms with Crippen LogP contribution in [0.1, 0.15) is 38.7 Å². The molecule has 0 radical (unpaired) electrons. The fraction of sp³-hybridized carbons (Fsp3) is 0.500. The number of amides is 2. The van der Waals surface area contributed by atoms with Crippen LogP contribution in [0.2, 0.25) is 0 Å². The largest absolute Gasteiger partial charge is 0.347 e. The van der Waals surface area contributed by atoms with Gasteiger partial charge in [-0.1, -0.05) is 30.3 Å². The Balaban J connectivity index is 1.94. The van der Waals surface area contributed by atoms with Crippen molar-refractivity contribution in [3.8, 4) is 6.07 Å². The number of carbonyl (C=O) groups is 2. The first-order chi connectivity index (χ1) is 11.3.